The van der Waals surface area contributed by atoms with E-state index in [1.54, 1.807) is 20.3 Å². The molecule has 158 valence electrons. The maximum Gasteiger partial charge on any atom is 0.273 e. The molecule has 0 unspecified atom stereocenters. The van der Waals surface area contributed by atoms with Crippen LogP contribution < -0.4 is 19.5 Å². The summed E-state index contributed by atoms with van der Waals surface area (Å²) in [5, 5.41) is 6.73. The number of carbonyl (C=O) groups excluding carboxylic acids is 1. The van der Waals surface area contributed by atoms with Crippen LogP contribution in [-0.2, 0) is 6.54 Å². The summed E-state index contributed by atoms with van der Waals surface area (Å²) < 4.78 is 21.8. The number of nitrogens with zero attached hydrogens (tertiary/aromatic N) is 1. The summed E-state index contributed by atoms with van der Waals surface area (Å²) in [4.78, 5) is 12.5. The normalized spacial score (nSPS) is 10.5. The summed E-state index contributed by atoms with van der Waals surface area (Å²) in [7, 11) is 3.18. The molecule has 3 aromatic rings. The number of carbonyl (C=O) groups is 1. The Morgan fingerprint density at radius 1 is 1.03 bits per heavy atom. The van der Waals surface area contributed by atoms with E-state index in [0.29, 0.717) is 36.2 Å². The third-order valence-corrected chi connectivity index (χ3v) is 4.55. The van der Waals surface area contributed by atoms with E-state index in [1.807, 2.05) is 42.5 Å². The van der Waals surface area contributed by atoms with E-state index in [1.165, 1.54) is 0 Å². The van der Waals surface area contributed by atoms with E-state index in [2.05, 4.69) is 17.4 Å². The Hall–Kier alpha value is -3.48. The van der Waals surface area contributed by atoms with E-state index < -0.39 is 0 Å². The lowest BCUT2D eigenvalue weighted by Crippen LogP contribution is -2.23. The number of hydrogen-bond acceptors (Lipinski definition) is 6. The van der Waals surface area contributed by atoms with Crippen LogP contribution in [0.5, 0.6) is 17.2 Å². The average Bonchev–Trinajstić information content (AvgIpc) is 3.28. The molecule has 0 saturated carbocycles. The van der Waals surface area contributed by atoms with Gasteiger partial charge in [-0.3, -0.25) is 4.79 Å². The van der Waals surface area contributed by atoms with Gasteiger partial charge in [-0.1, -0.05) is 36.7 Å². The lowest BCUT2D eigenvalue weighted by Gasteiger charge is -2.12. The van der Waals surface area contributed by atoms with Crippen LogP contribution in [0.25, 0.3) is 11.3 Å². The minimum absolute atomic E-state index is 0.197. The number of para-hydroxylation sites is 1. The lowest BCUT2D eigenvalue weighted by atomic mass is 10.1. The van der Waals surface area contributed by atoms with Gasteiger partial charge in [0.15, 0.2) is 23.0 Å². The molecule has 1 N–H and O–H groups in total. The Morgan fingerprint density at radius 2 is 1.83 bits per heavy atom. The molecule has 0 aliphatic heterocycles. The molecule has 2 aromatic carbocycles. The second kappa shape index (κ2) is 10.3. The number of amides is 1. The number of ether oxygens (including phenoxy) is 3. The van der Waals surface area contributed by atoms with Crippen molar-refractivity contribution in [1.82, 2.24) is 10.5 Å². The SMILES string of the molecule is CCCCOc1ccc(CNC(=O)c2cc(-c3ccccc3OC)on2)cc1OC. The van der Waals surface area contributed by atoms with Gasteiger partial charge in [0.25, 0.3) is 5.91 Å². The molecule has 3 rings (SSSR count). The van der Waals surface area contributed by atoms with E-state index in [-0.39, 0.29) is 11.6 Å². The first-order valence-corrected chi connectivity index (χ1v) is 9.84. The zero-order valence-corrected chi connectivity index (χ0v) is 17.4. The van der Waals surface area contributed by atoms with Gasteiger partial charge in [-0.2, -0.15) is 0 Å². The van der Waals surface area contributed by atoms with Gasteiger partial charge in [-0.15, -0.1) is 0 Å². The molecule has 0 spiro atoms. The van der Waals surface area contributed by atoms with Crippen molar-refractivity contribution in [3.05, 3.63) is 59.8 Å². The molecule has 7 nitrogen and oxygen atoms in total. The standard InChI is InChI=1S/C23H26N2O5/c1-4-5-12-29-20-11-10-16(13-22(20)28-3)15-24-23(26)18-14-21(30-25-18)17-8-6-7-9-19(17)27-2/h6-11,13-14H,4-5,12,15H2,1-3H3,(H,24,26). The Balaban J connectivity index is 1.64. The second-order valence-electron chi connectivity index (χ2n) is 6.65. The molecule has 1 amide bonds. The molecule has 1 heterocycles. The number of aromatic nitrogens is 1. The predicted molar refractivity (Wildman–Crippen MR) is 113 cm³/mol. The van der Waals surface area contributed by atoms with E-state index in [9.17, 15) is 4.79 Å². The summed E-state index contributed by atoms with van der Waals surface area (Å²) in [5.41, 5.74) is 1.81. The highest BCUT2D eigenvalue weighted by molar-refractivity contribution is 5.93. The molecular formula is C23H26N2O5. The fourth-order valence-corrected chi connectivity index (χ4v) is 2.90. The van der Waals surface area contributed by atoms with Crippen molar-refractivity contribution in [2.45, 2.75) is 26.3 Å². The summed E-state index contributed by atoms with van der Waals surface area (Å²) in [6.07, 6.45) is 2.04. The lowest BCUT2D eigenvalue weighted by molar-refractivity contribution is 0.0942. The van der Waals surface area contributed by atoms with Crippen molar-refractivity contribution in [3.8, 4) is 28.6 Å². The molecule has 0 fully saturated rings. The first-order chi connectivity index (χ1) is 14.7. The third kappa shape index (κ3) is 5.11. The fraction of sp³-hybridized carbons (Fsp3) is 0.304. The van der Waals surface area contributed by atoms with Crippen molar-refractivity contribution in [3.63, 3.8) is 0 Å². The molecule has 0 saturated heterocycles. The predicted octanol–water partition coefficient (Wildman–Crippen LogP) is 4.47. The van der Waals surface area contributed by atoms with E-state index in [0.717, 1.165) is 24.0 Å². The molecule has 0 aliphatic rings. The van der Waals surface area contributed by atoms with E-state index in [4.69, 9.17) is 18.7 Å². The van der Waals surface area contributed by atoms with E-state index >= 15 is 0 Å². The smallest absolute Gasteiger partial charge is 0.273 e. The molecule has 0 radical (unpaired) electrons. The monoisotopic (exact) mass is 410 g/mol. The van der Waals surface area contributed by atoms with Crippen molar-refractivity contribution in [1.29, 1.82) is 0 Å². The first-order valence-electron chi connectivity index (χ1n) is 9.84. The van der Waals surface area contributed by atoms with Crippen LogP contribution >= 0.6 is 0 Å². The number of benzene rings is 2. The van der Waals surface area contributed by atoms with Crippen molar-refractivity contribution in [2.24, 2.45) is 0 Å². The highest BCUT2D eigenvalue weighted by Crippen LogP contribution is 2.30. The average molecular weight is 410 g/mol. The highest BCUT2D eigenvalue weighted by atomic mass is 16.5. The second-order valence-corrected chi connectivity index (χ2v) is 6.65. The van der Waals surface area contributed by atoms with Gasteiger partial charge in [0.05, 0.1) is 26.4 Å². The number of unbranched alkanes of at least 4 members (excludes halogenated alkanes) is 1. The van der Waals surface area contributed by atoms with Crippen molar-refractivity contribution >= 4 is 5.91 Å². The largest absolute Gasteiger partial charge is 0.496 e. The van der Waals surface area contributed by atoms with Gasteiger partial charge >= 0.3 is 0 Å². The molecule has 7 heteroatoms. The van der Waals surface area contributed by atoms with Crippen LogP contribution in [0, 0.1) is 0 Å². The first kappa shape index (κ1) is 21.2. The van der Waals surface area contributed by atoms with Crippen LogP contribution in [0.3, 0.4) is 0 Å². The van der Waals surface area contributed by atoms with Crippen LogP contribution in [0.1, 0.15) is 35.8 Å². The fourth-order valence-electron chi connectivity index (χ4n) is 2.90. The molecule has 0 atom stereocenters. The molecule has 0 aliphatic carbocycles. The zero-order valence-electron chi connectivity index (χ0n) is 17.4. The molecular weight excluding hydrogens is 384 g/mol. The van der Waals surface area contributed by atoms with Gasteiger partial charge in [0.1, 0.15) is 5.75 Å². The summed E-state index contributed by atoms with van der Waals surface area (Å²) in [6, 6.07) is 14.6. The Labute approximate surface area is 175 Å². The van der Waals surface area contributed by atoms with Gasteiger partial charge in [0, 0.05) is 12.6 Å². The van der Waals surface area contributed by atoms with Crippen molar-refractivity contribution in [2.75, 3.05) is 20.8 Å². The van der Waals surface area contributed by atoms with Crippen LogP contribution in [0.2, 0.25) is 0 Å². The number of nitrogens with one attached hydrogen (secondary N) is 1. The maximum atomic E-state index is 12.5. The quantitative estimate of drug-likeness (QED) is 0.497. The van der Waals surface area contributed by atoms with Gasteiger partial charge < -0.3 is 24.1 Å². The molecule has 0 bridgehead atoms. The number of hydrogen-bond donors (Lipinski definition) is 1. The highest BCUT2D eigenvalue weighted by Gasteiger charge is 2.16. The minimum Gasteiger partial charge on any atom is -0.496 e. The summed E-state index contributed by atoms with van der Waals surface area (Å²) in [6.45, 7) is 3.07. The maximum absolute atomic E-state index is 12.5. The van der Waals surface area contributed by atoms with Gasteiger partial charge in [0.2, 0.25) is 0 Å². The number of methoxy groups -OCH3 is 2. The molecule has 1 aromatic heterocycles. The van der Waals surface area contributed by atoms with Crippen LogP contribution in [-0.4, -0.2) is 31.9 Å². The van der Waals surface area contributed by atoms with Crippen LogP contribution in [0.4, 0.5) is 0 Å². The summed E-state index contributed by atoms with van der Waals surface area (Å²) >= 11 is 0. The molecule has 30 heavy (non-hydrogen) atoms. The topological polar surface area (TPSA) is 82.8 Å². The zero-order chi connectivity index (χ0) is 21.3. The minimum atomic E-state index is -0.331. The Bertz CT molecular complexity index is 983. The third-order valence-electron chi connectivity index (χ3n) is 4.55. The van der Waals surface area contributed by atoms with Gasteiger partial charge in [-0.25, -0.2) is 0 Å². The van der Waals surface area contributed by atoms with Gasteiger partial charge in [-0.05, 0) is 36.2 Å². The Morgan fingerprint density at radius 3 is 2.60 bits per heavy atom. The van der Waals surface area contributed by atoms with Crippen molar-refractivity contribution < 1.29 is 23.5 Å². The number of rotatable bonds is 10. The Kier molecular flexibility index (Phi) is 7.32. The van der Waals surface area contributed by atoms with Crippen LogP contribution in [0.15, 0.2) is 53.1 Å². The summed E-state index contributed by atoms with van der Waals surface area (Å²) in [5.74, 6) is 2.11.